The maximum Gasteiger partial charge on any atom is 0.307 e. The third-order valence-corrected chi connectivity index (χ3v) is 5.10. The minimum atomic E-state index is -3.54. The lowest BCUT2D eigenvalue weighted by Crippen LogP contribution is -2.30. The summed E-state index contributed by atoms with van der Waals surface area (Å²) in [4.78, 5) is 23.2. The van der Waals surface area contributed by atoms with Crippen LogP contribution in [0, 0.1) is 12.8 Å². The van der Waals surface area contributed by atoms with E-state index in [9.17, 15) is 18.0 Å². The number of nitrogens with one attached hydrogen (secondary N) is 1. The van der Waals surface area contributed by atoms with Gasteiger partial charge < -0.3 is 10.1 Å². The van der Waals surface area contributed by atoms with Gasteiger partial charge in [-0.25, -0.2) is 8.42 Å². The standard InChI is InChI=1S/C17H25NO5S/c1-13(2)8-10-18-16(19)12-23-17(20)9-11-24(21,22)15-6-4-14(3)5-7-15/h4-7,13H,8-12H2,1-3H3,(H,18,19). The lowest BCUT2D eigenvalue weighted by atomic mass is 10.1. The Labute approximate surface area is 143 Å². The van der Waals surface area contributed by atoms with Crippen LogP contribution >= 0.6 is 0 Å². The SMILES string of the molecule is Cc1ccc(S(=O)(=O)CCC(=O)OCC(=O)NCCC(C)C)cc1. The van der Waals surface area contributed by atoms with Crippen molar-refractivity contribution in [1.29, 1.82) is 0 Å². The number of benzene rings is 1. The molecule has 0 heterocycles. The molecule has 0 unspecified atom stereocenters. The highest BCUT2D eigenvalue weighted by molar-refractivity contribution is 7.91. The zero-order chi connectivity index (χ0) is 18.2. The van der Waals surface area contributed by atoms with E-state index in [4.69, 9.17) is 4.74 Å². The van der Waals surface area contributed by atoms with Crippen LogP contribution in [-0.4, -0.2) is 39.2 Å². The quantitative estimate of drug-likeness (QED) is 0.683. The molecule has 0 saturated heterocycles. The average Bonchev–Trinajstić information content (AvgIpc) is 2.51. The maximum absolute atomic E-state index is 12.1. The van der Waals surface area contributed by atoms with E-state index in [0.717, 1.165) is 12.0 Å². The van der Waals surface area contributed by atoms with Gasteiger partial charge in [0.05, 0.1) is 17.1 Å². The first kappa shape index (κ1) is 20.2. The van der Waals surface area contributed by atoms with Gasteiger partial charge in [-0.15, -0.1) is 0 Å². The van der Waals surface area contributed by atoms with Crippen LogP contribution in [0.15, 0.2) is 29.2 Å². The van der Waals surface area contributed by atoms with Crippen molar-refractivity contribution in [3.05, 3.63) is 29.8 Å². The molecule has 0 radical (unpaired) electrons. The van der Waals surface area contributed by atoms with E-state index in [2.05, 4.69) is 5.32 Å². The van der Waals surface area contributed by atoms with Crippen LogP contribution in [0.2, 0.25) is 0 Å². The van der Waals surface area contributed by atoms with Gasteiger partial charge in [-0.1, -0.05) is 31.5 Å². The summed E-state index contributed by atoms with van der Waals surface area (Å²) in [5.41, 5.74) is 0.955. The Morgan fingerprint density at radius 3 is 2.38 bits per heavy atom. The highest BCUT2D eigenvalue weighted by Crippen LogP contribution is 2.13. The molecule has 0 fully saturated rings. The Bertz CT molecular complexity index is 650. The number of hydrogen-bond donors (Lipinski definition) is 1. The smallest absolute Gasteiger partial charge is 0.307 e. The van der Waals surface area contributed by atoms with E-state index in [1.807, 2.05) is 20.8 Å². The van der Waals surface area contributed by atoms with Crippen molar-refractivity contribution >= 4 is 21.7 Å². The van der Waals surface area contributed by atoms with Gasteiger partial charge in [0.1, 0.15) is 0 Å². The molecule has 0 aliphatic rings. The number of aryl methyl sites for hydroxylation is 1. The zero-order valence-electron chi connectivity index (χ0n) is 14.4. The summed E-state index contributed by atoms with van der Waals surface area (Å²) in [5.74, 6) is -0.959. The molecule has 7 heteroatoms. The molecule has 1 rings (SSSR count). The number of sulfone groups is 1. The summed E-state index contributed by atoms with van der Waals surface area (Å²) in [6, 6.07) is 6.43. The van der Waals surface area contributed by atoms with Crippen molar-refractivity contribution in [1.82, 2.24) is 5.32 Å². The van der Waals surface area contributed by atoms with Crippen molar-refractivity contribution in [2.24, 2.45) is 5.92 Å². The first-order valence-corrected chi connectivity index (χ1v) is 9.57. The van der Waals surface area contributed by atoms with Crippen molar-refractivity contribution in [2.45, 2.75) is 38.5 Å². The monoisotopic (exact) mass is 355 g/mol. The minimum Gasteiger partial charge on any atom is -0.456 e. The minimum absolute atomic E-state index is 0.173. The van der Waals surface area contributed by atoms with E-state index in [1.54, 1.807) is 12.1 Å². The normalized spacial score (nSPS) is 11.3. The van der Waals surface area contributed by atoms with Gasteiger partial charge in [-0.2, -0.15) is 0 Å². The molecular formula is C17H25NO5S. The van der Waals surface area contributed by atoms with Gasteiger partial charge in [0, 0.05) is 6.54 Å². The third kappa shape index (κ3) is 7.59. The number of esters is 1. The van der Waals surface area contributed by atoms with Crippen LogP contribution in [0.3, 0.4) is 0 Å². The number of hydrogen-bond acceptors (Lipinski definition) is 5. The zero-order valence-corrected chi connectivity index (χ0v) is 15.2. The van der Waals surface area contributed by atoms with Gasteiger partial charge in [-0.05, 0) is 31.4 Å². The molecule has 0 aliphatic carbocycles. The molecule has 0 aromatic heterocycles. The Balaban J connectivity index is 2.35. The van der Waals surface area contributed by atoms with Crippen molar-refractivity contribution in [2.75, 3.05) is 18.9 Å². The first-order valence-electron chi connectivity index (χ1n) is 7.92. The summed E-state index contributed by atoms with van der Waals surface area (Å²) in [6.45, 7) is 6.08. The highest BCUT2D eigenvalue weighted by atomic mass is 32.2. The Morgan fingerprint density at radius 2 is 1.79 bits per heavy atom. The molecule has 0 bridgehead atoms. The fraction of sp³-hybridized carbons (Fsp3) is 0.529. The number of carbonyl (C=O) groups excluding carboxylic acids is 2. The first-order chi connectivity index (χ1) is 11.2. The fourth-order valence-electron chi connectivity index (χ4n) is 1.85. The number of amides is 1. The lowest BCUT2D eigenvalue weighted by Gasteiger charge is -2.08. The Kier molecular flexibility index (Phi) is 7.91. The van der Waals surface area contributed by atoms with Gasteiger partial charge in [0.2, 0.25) is 0 Å². The average molecular weight is 355 g/mol. The van der Waals surface area contributed by atoms with Crippen LogP contribution in [0.25, 0.3) is 0 Å². The van der Waals surface area contributed by atoms with Gasteiger partial charge >= 0.3 is 5.97 Å². The molecule has 0 saturated carbocycles. The molecule has 134 valence electrons. The van der Waals surface area contributed by atoms with Crippen LogP contribution < -0.4 is 5.32 Å². The Hall–Kier alpha value is -1.89. The van der Waals surface area contributed by atoms with Crippen LogP contribution in [0.4, 0.5) is 0 Å². The summed E-state index contributed by atoms with van der Waals surface area (Å²) < 4.78 is 29.0. The van der Waals surface area contributed by atoms with Gasteiger partial charge in [0.25, 0.3) is 5.91 Å². The molecular weight excluding hydrogens is 330 g/mol. The fourth-order valence-corrected chi connectivity index (χ4v) is 3.07. The Morgan fingerprint density at radius 1 is 1.17 bits per heavy atom. The van der Waals surface area contributed by atoms with Gasteiger partial charge in [-0.3, -0.25) is 9.59 Å². The summed E-state index contributed by atoms with van der Waals surface area (Å²) in [6.07, 6.45) is 0.559. The number of carbonyl (C=O) groups is 2. The van der Waals surface area contributed by atoms with E-state index in [1.165, 1.54) is 12.1 Å². The second-order valence-corrected chi connectivity index (χ2v) is 8.18. The van der Waals surface area contributed by atoms with Crippen LogP contribution in [0.5, 0.6) is 0 Å². The van der Waals surface area contributed by atoms with E-state index in [-0.39, 0.29) is 29.6 Å². The molecule has 1 N–H and O–H groups in total. The maximum atomic E-state index is 12.1. The number of rotatable bonds is 9. The molecule has 0 aliphatic heterocycles. The largest absolute Gasteiger partial charge is 0.456 e. The van der Waals surface area contributed by atoms with E-state index in [0.29, 0.717) is 12.5 Å². The topological polar surface area (TPSA) is 89.5 Å². The van der Waals surface area contributed by atoms with E-state index >= 15 is 0 Å². The molecule has 6 nitrogen and oxygen atoms in total. The summed E-state index contributed by atoms with van der Waals surface area (Å²) >= 11 is 0. The molecule has 0 atom stereocenters. The predicted octanol–water partition coefficient (Wildman–Crippen LogP) is 1.86. The highest BCUT2D eigenvalue weighted by Gasteiger charge is 2.17. The third-order valence-electron chi connectivity index (χ3n) is 3.36. The van der Waals surface area contributed by atoms with Crippen molar-refractivity contribution in [3.63, 3.8) is 0 Å². The molecule has 1 aromatic rings. The molecule has 24 heavy (non-hydrogen) atoms. The predicted molar refractivity (Wildman–Crippen MR) is 91.3 cm³/mol. The second kappa shape index (κ2) is 9.42. The summed E-state index contributed by atoms with van der Waals surface area (Å²) in [7, 11) is -3.54. The van der Waals surface area contributed by atoms with E-state index < -0.39 is 15.8 Å². The molecule has 1 aromatic carbocycles. The van der Waals surface area contributed by atoms with Crippen LogP contribution in [0.1, 0.15) is 32.3 Å². The molecule has 0 spiro atoms. The molecule has 1 amide bonds. The van der Waals surface area contributed by atoms with Crippen molar-refractivity contribution < 1.29 is 22.7 Å². The summed E-state index contributed by atoms with van der Waals surface area (Å²) in [5, 5.41) is 2.64. The van der Waals surface area contributed by atoms with Crippen LogP contribution in [-0.2, 0) is 24.2 Å². The lowest BCUT2D eigenvalue weighted by molar-refractivity contribution is -0.148. The van der Waals surface area contributed by atoms with Gasteiger partial charge in [0.15, 0.2) is 16.4 Å². The number of ether oxygens (including phenoxy) is 1. The van der Waals surface area contributed by atoms with Crippen molar-refractivity contribution in [3.8, 4) is 0 Å². The second-order valence-electron chi connectivity index (χ2n) is 6.08.